The Bertz CT molecular complexity index is 700. The van der Waals surface area contributed by atoms with Gasteiger partial charge in [0.1, 0.15) is 11.6 Å². The molecule has 2 rings (SSSR count). The molecule has 0 radical (unpaired) electrons. The van der Waals surface area contributed by atoms with Gasteiger partial charge >= 0.3 is 0 Å². The van der Waals surface area contributed by atoms with Crippen molar-refractivity contribution in [1.29, 1.82) is 0 Å². The van der Waals surface area contributed by atoms with Gasteiger partial charge in [-0.05, 0) is 19.1 Å². The Labute approximate surface area is 138 Å². The van der Waals surface area contributed by atoms with Crippen molar-refractivity contribution in [2.24, 2.45) is 0 Å². The molecule has 0 atom stereocenters. The molecule has 0 bridgehead atoms. The van der Waals surface area contributed by atoms with Crippen molar-refractivity contribution in [3.8, 4) is 5.75 Å². The molecule has 7 nitrogen and oxygen atoms in total. The largest absolute Gasteiger partial charge is 0.504 e. The van der Waals surface area contributed by atoms with E-state index in [4.69, 9.17) is 15.3 Å². The third-order valence-corrected chi connectivity index (χ3v) is 3.82. The molecule has 8 heteroatoms. The molecule has 0 fully saturated rings. The molecule has 1 aromatic heterocycles. The van der Waals surface area contributed by atoms with Crippen molar-refractivity contribution in [2.45, 2.75) is 12.1 Å². The number of benzene rings is 1. The van der Waals surface area contributed by atoms with Crippen molar-refractivity contribution < 1.29 is 14.3 Å². The van der Waals surface area contributed by atoms with Crippen molar-refractivity contribution in [3.63, 3.8) is 0 Å². The molecule has 0 aliphatic heterocycles. The molecule has 23 heavy (non-hydrogen) atoms. The number of para-hydroxylation sites is 1. The Morgan fingerprint density at radius 3 is 2.87 bits per heavy atom. The number of carbonyl (C=O) groups is 1. The van der Waals surface area contributed by atoms with E-state index in [-0.39, 0.29) is 5.78 Å². The lowest BCUT2D eigenvalue weighted by molar-refractivity contribution is 0.104. The lowest BCUT2D eigenvalue weighted by Gasteiger charge is -2.09. The minimum absolute atomic E-state index is 0.174. The van der Waals surface area contributed by atoms with Crippen LogP contribution in [-0.4, -0.2) is 40.1 Å². The number of methoxy groups -OCH3 is 1. The molecule has 0 unspecified atom stereocenters. The number of hydrogen-bond acceptors (Lipinski definition) is 7. The molecule has 1 heterocycles. The summed E-state index contributed by atoms with van der Waals surface area (Å²) in [5.41, 5.74) is 0.489. The van der Waals surface area contributed by atoms with Crippen LogP contribution in [0.2, 0.25) is 0 Å². The van der Waals surface area contributed by atoms with Crippen LogP contribution in [0.5, 0.6) is 5.75 Å². The Hall–Kier alpha value is -2.48. The van der Waals surface area contributed by atoms with Crippen LogP contribution in [0, 0.1) is 6.92 Å². The van der Waals surface area contributed by atoms with Gasteiger partial charge in [-0.25, -0.2) is 4.68 Å². The highest BCUT2D eigenvalue weighted by molar-refractivity contribution is 7.99. The van der Waals surface area contributed by atoms with E-state index in [1.54, 1.807) is 25.1 Å². The van der Waals surface area contributed by atoms with Crippen LogP contribution in [0.25, 0.3) is 0 Å². The number of nitrogens with two attached hydrogens (primary N) is 1. The lowest BCUT2D eigenvalue weighted by atomic mass is 10.1. The predicted molar refractivity (Wildman–Crippen MR) is 88.0 cm³/mol. The molecule has 0 aliphatic rings. The molecule has 0 saturated carbocycles. The zero-order valence-electron chi connectivity index (χ0n) is 12.9. The summed E-state index contributed by atoms with van der Waals surface area (Å²) in [5.74, 6) is 7.41. The molecule has 122 valence electrons. The van der Waals surface area contributed by atoms with E-state index < -0.39 is 0 Å². The first kappa shape index (κ1) is 16.9. The molecular weight excluding hydrogens is 316 g/mol. The molecule has 2 aromatic rings. The van der Waals surface area contributed by atoms with E-state index in [0.29, 0.717) is 34.7 Å². The minimum atomic E-state index is -0.174. The Morgan fingerprint density at radius 2 is 2.17 bits per heavy atom. The van der Waals surface area contributed by atoms with Gasteiger partial charge in [0.05, 0.1) is 25.5 Å². The summed E-state index contributed by atoms with van der Waals surface area (Å²) in [6.07, 6.45) is 2.70. The minimum Gasteiger partial charge on any atom is -0.504 e. The first-order chi connectivity index (χ1) is 11.1. The SMILES string of the molecule is CO/C=C/C(=O)c1ccccc1OCCSc1nnc(C)n1N. The second-order valence-electron chi connectivity index (χ2n) is 4.50. The Kier molecular flexibility index (Phi) is 6.04. The van der Waals surface area contributed by atoms with Crippen LogP contribution in [0.15, 0.2) is 41.8 Å². The maximum Gasteiger partial charge on any atom is 0.209 e. The summed E-state index contributed by atoms with van der Waals surface area (Å²) < 4.78 is 11.9. The van der Waals surface area contributed by atoms with Gasteiger partial charge in [-0.2, -0.15) is 0 Å². The fourth-order valence-electron chi connectivity index (χ4n) is 1.75. The number of allylic oxidation sites excluding steroid dienone is 1. The Balaban J connectivity index is 1.92. The molecule has 2 N–H and O–H groups in total. The molecular formula is C15H18N4O3S. The van der Waals surface area contributed by atoms with Crippen molar-refractivity contribution in [3.05, 3.63) is 48.0 Å². The number of carbonyl (C=O) groups excluding carboxylic acids is 1. The topological polar surface area (TPSA) is 92.3 Å². The Morgan fingerprint density at radius 1 is 1.39 bits per heavy atom. The van der Waals surface area contributed by atoms with Gasteiger partial charge in [-0.15, -0.1) is 10.2 Å². The molecule has 0 amide bonds. The highest BCUT2D eigenvalue weighted by atomic mass is 32.2. The van der Waals surface area contributed by atoms with Gasteiger partial charge in [0, 0.05) is 11.8 Å². The van der Waals surface area contributed by atoms with Crippen molar-refractivity contribution in [2.75, 3.05) is 25.3 Å². The standard InChI is InChI=1S/C15H18N4O3S/c1-11-17-18-15(19(11)16)23-10-9-22-14-6-4-3-5-12(14)13(20)7-8-21-2/h3-8H,9-10,16H2,1-2H3/b8-7+. The summed E-state index contributed by atoms with van der Waals surface area (Å²) in [5, 5.41) is 8.46. The van der Waals surface area contributed by atoms with Crippen LogP contribution in [0.3, 0.4) is 0 Å². The number of ketones is 1. The number of aromatic nitrogens is 3. The number of aryl methyl sites for hydroxylation is 1. The first-order valence-corrected chi connectivity index (χ1v) is 7.87. The molecule has 0 spiro atoms. The summed E-state index contributed by atoms with van der Waals surface area (Å²) in [7, 11) is 1.49. The highest BCUT2D eigenvalue weighted by Crippen LogP contribution is 2.20. The molecule has 1 aromatic carbocycles. The third kappa shape index (κ3) is 4.49. The average Bonchev–Trinajstić information content (AvgIpc) is 2.89. The van der Waals surface area contributed by atoms with E-state index >= 15 is 0 Å². The number of ether oxygens (including phenoxy) is 2. The maximum absolute atomic E-state index is 12.0. The van der Waals surface area contributed by atoms with Crippen LogP contribution < -0.4 is 10.6 Å². The zero-order valence-corrected chi connectivity index (χ0v) is 13.7. The number of nitrogen functional groups attached to an aromatic ring is 1. The van der Waals surface area contributed by atoms with E-state index in [1.165, 1.54) is 35.9 Å². The van der Waals surface area contributed by atoms with Gasteiger partial charge in [-0.3, -0.25) is 4.79 Å². The second kappa shape index (κ2) is 8.23. The fourth-order valence-corrected chi connectivity index (χ4v) is 2.47. The summed E-state index contributed by atoms with van der Waals surface area (Å²) in [6, 6.07) is 7.08. The van der Waals surface area contributed by atoms with Gasteiger partial charge in [0.15, 0.2) is 5.78 Å². The van der Waals surface area contributed by atoms with Gasteiger partial charge in [-0.1, -0.05) is 23.9 Å². The predicted octanol–water partition coefficient (Wildman–Crippen LogP) is 1.81. The number of nitrogens with zero attached hydrogens (tertiary/aromatic N) is 3. The first-order valence-electron chi connectivity index (χ1n) is 6.89. The number of rotatable bonds is 8. The van der Waals surface area contributed by atoms with Crippen LogP contribution in [-0.2, 0) is 4.74 Å². The van der Waals surface area contributed by atoms with E-state index in [9.17, 15) is 4.79 Å². The number of thioether (sulfide) groups is 1. The average molecular weight is 334 g/mol. The maximum atomic E-state index is 12.0. The normalized spacial score (nSPS) is 10.9. The summed E-state index contributed by atoms with van der Waals surface area (Å²) >= 11 is 1.44. The number of hydrogen-bond donors (Lipinski definition) is 1. The van der Waals surface area contributed by atoms with Gasteiger partial charge in [0.25, 0.3) is 0 Å². The quantitative estimate of drug-likeness (QED) is 0.196. The van der Waals surface area contributed by atoms with Crippen LogP contribution in [0.1, 0.15) is 16.2 Å². The van der Waals surface area contributed by atoms with Gasteiger partial charge in [0.2, 0.25) is 5.16 Å². The van der Waals surface area contributed by atoms with E-state index in [0.717, 1.165) is 0 Å². The molecule has 0 saturated heterocycles. The monoisotopic (exact) mass is 334 g/mol. The highest BCUT2D eigenvalue weighted by Gasteiger charge is 2.10. The van der Waals surface area contributed by atoms with Gasteiger partial charge < -0.3 is 15.3 Å². The fraction of sp³-hybridized carbons (Fsp3) is 0.267. The smallest absolute Gasteiger partial charge is 0.209 e. The third-order valence-electron chi connectivity index (χ3n) is 2.92. The van der Waals surface area contributed by atoms with Crippen LogP contribution >= 0.6 is 11.8 Å². The lowest BCUT2D eigenvalue weighted by Crippen LogP contribution is -2.12. The summed E-state index contributed by atoms with van der Waals surface area (Å²) in [6.45, 7) is 2.19. The van der Waals surface area contributed by atoms with E-state index in [2.05, 4.69) is 10.2 Å². The summed E-state index contributed by atoms with van der Waals surface area (Å²) in [4.78, 5) is 12.0. The van der Waals surface area contributed by atoms with Crippen LogP contribution in [0.4, 0.5) is 0 Å². The van der Waals surface area contributed by atoms with Crippen molar-refractivity contribution >= 4 is 17.5 Å². The van der Waals surface area contributed by atoms with E-state index in [1.807, 2.05) is 6.07 Å². The zero-order chi connectivity index (χ0) is 16.7. The van der Waals surface area contributed by atoms with Crippen molar-refractivity contribution in [1.82, 2.24) is 14.9 Å². The molecule has 0 aliphatic carbocycles. The second-order valence-corrected chi connectivity index (χ2v) is 5.56.